The number of hydrogen-bond donors (Lipinski definition) is 2. The van der Waals surface area contributed by atoms with Crippen molar-refractivity contribution in [2.75, 3.05) is 26.0 Å². The fraction of sp³-hybridized carbons (Fsp3) is 0.300. The second-order valence-corrected chi connectivity index (χ2v) is 6.07. The van der Waals surface area contributed by atoms with Crippen LogP contribution in [0.5, 0.6) is 5.75 Å². The van der Waals surface area contributed by atoms with Gasteiger partial charge in [0.1, 0.15) is 5.75 Å². The number of ether oxygens (including phenoxy) is 1. The van der Waals surface area contributed by atoms with E-state index in [2.05, 4.69) is 10.6 Å². The molecule has 26 heavy (non-hydrogen) atoms. The van der Waals surface area contributed by atoms with Crippen LogP contribution in [0.25, 0.3) is 0 Å². The monoisotopic (exact) mass is 355 g/mol. The SMILES string of the molecule is COc1ccc(NC(=O)CN(C)[C@@H](C)C(=O)NCc2ccccc2)cc1. The predicted molar refractivity (Wildman–Crippen MR) is 102 cm³/mol. The molecule has 2 N–H and O–H groups in total. The molecule has 0 radical (unpaired) electrons. The van der Waals surface area contributed by atoms with Gasteiger partial charge in [0, 0.05) is 12.2 Å². The molecule has 0 aromatic heterocycles. The molecule has 138 valence electrons. The Morgan fingerprint density at radius 2 is 1.73 bits per heavy atom. The van der Waals surface area contributed by atoms with Gasteiger partial charge in [0.25, 0.3) is 0 Å². The molecular weight excluding hydrogens is 330 g/mol. The maximum absolute atomic E-state index is 12.3. The molecule has 0 heterocycles. The molecule has 0 saturated carbocycles. The lowest BCUT2D eigenvalue weighted by Gasteiger charge is -2.23. The Kier molecular flexibility index (Phi) is 7.17. The van der Waals surface area contributed by atoms with E-state index in [1.807, 2.05) is 30.3 Å². The summed E-state index contributed by atoms with van der Waals surface area (Å²) in [5.41, 5.74) is 1.72. The van der Waals surface area contributed by atoms with Crippen molar-refractivity contribution >= 4 is 17.5 Å². The highest BCUT2D eigenvalue weighted by Crippen LogP contribution is 2.14. The molecule has 0 aliphatic heterocycles. The van der Waals surface area contributed by atoms with Gasteiger partial charge in [-0.15, -0.1) is 0 Å². The molecule has 0 unspecified atom stereocenters. The third-order valence-electron chi connectivity index (χ3n) is 4.12. The molecule has 1 atom stereocenters. The highest BCUT2D eigenvalue weighted by molar-refractivity contribution is 5.92. The van der Waals surface area contributed by atoms with Crippen LogP contribution in [0, 0.1) is 0 Å². The number of nitrogens with one attached hydrogen (secondary N) is 2. The van der Waals surface area contributed by atoms with E-state index in [-0.39, 0.29) is 18.4 Å². The molecule has 0 aliphatic rings. The van der Waals surface area contributed by atoms with Gasteiger partial charge in [-0.2, -0.15) is 0 Å². The van der Waals surface area contributed by atoms with Gasteiger partial charge in [-0.25, -0.2) is 0 Å². The Morgan fingerprint density at radius 3 is 2.35 bits per heavy atom. The van der Waals surface area contributed by atoms with Crippen molar-refractivity contribution in [3.63, 3.8) is 0 Å². The number of amides is 2. The number of benzene rings is 2. The topological polar surface area (TPSA) is 70.7 Å². The number of carbonyl (C=O) groups is 2. The van der Waals surface area contributed by atoms with Gasteiger partial charge in [0.15, 0.2) is 0 Å². The number of anilines is 1. The molecule has 0 fully saturated rings. The molecule has 2 aromatic rings. The van der Waals surface area contributed by atoms with Crippen molar-refractivity contribution in [1.82, 2.24) is 10.2 Å². The third-order valence-corrected chi connectivity index (χ3v) is 4.12. The first-order chi connectivity index (χ1) is 12.5. The van der Waals surface area contributed by atoms with Gasteiger partial charge in [-0.05, 0) is 43.8 Å². The third kappa shape index (κ3) is 5.89. The van der Waals surface area contributed by atoms with E-state index in [0.717, 1.165) is 11.3 Å². The van der Waals surface area contributed by atoms with Gasteiger partial charge in [0.2, 0.25) is 11.8 Å². The number of hydrogen-bond acceptors (Lipinski definition) is 4. The van der Waals surface area contributed by atoms with Crippen LogP contribution in [0.4, 0.5) is 5.69 Å². The van der Waals surface area contributed by atoms with E-state index >= 15 is 0 Å². The Balaban J connectivity index is 1.79. The van der Waals surface area contributed by atoms with Crippen molar-refractivity contribution in [3.8, 4) is 5.75 Å². The van der Waals surface area contributed by atoms with E-state index in [1.54, 1.807) is 50.2 Å². The first-order valence-electron chi connectivity index (χ1n) is 8.45. The summed E-state index contributed by atoms with van der Waals surface area (Å²) >= 11 is 0. The van der Waals surface area contributed by atoms with E-state index < -0.39 is 6.04 Å². The van der Waals surface area contributed by atoms with Crippen molar-refractivity contribution in [2.45, 2.75) is 19.5 Å². The number of carbonyl (C=O) groups excluding carboxylic acids is 2. The predicted octanol–water partition coefficient (Wildman–Crippen LogP) is 2.27. The molecule has 6 heteroatoms. The van der Waals surface area contributed by atoms with E-state index in [4.69, 9.17) is 4.74 Å². The van der Waals surface area contributed by atoms with Crippen molar-refractivity contribution < 1.29 is 14.3 Å². The maximum atomic E-state index is 12.3. The zero-order chi connectivity index (χ0) is 18.9. The van der Waals surface area contributed by atoms with E-state index in [0.29, 0.717) is 12.2 Å². The number of methoxy groups -OCH3 is 1. The van der Waals surface area contributed by atoms with Crippen molar-refractivity contribution in [3.05, 3.63) is 60.2 Å². The minimum absolute atomic E-state index is 0.117. The minimum Gasteiger partial charge on any atom is -0.497 e. The Labute approximate surface area is 154 Å². The van der Waals surface area contributed by atoms with Crippen molar-refractivity contribution in [2.24, 2.45) is 0 Å². The summed E-state index contributed by atoms with van der Waals surface area (Å²) in [5.74, 6) is 0.429. The van der Waals surface area contributed by atoms with Crippen LogP contribution in [0.2, 0.25) is 0 Å². The maximum Gasteiger partial charge on any atom is 0.238 e. The zero-order valence-electron chi connectivity index (χ0n) is 15.4. The molecule has 0 bridgehead atoms. The lowest BCUT2D eigenvalue weighted by atomic mass is 10.2. The number of rotatable bonds is 8. The zero-order valence-corrected chi connectivity index (χ0v) is 15.4. The highest BCUT2D eigenvalue weighted by Gasteiger charge is 2.19. The summed E-state index contributed by atoms with van der Waals surface area (Å²) in [7, 11) is 3.34. The van der Waals surface area contributed by atoms with Gasteiger partial charge in [-0.1, -0.05) is 30.3 Å². The fourth-order valence-electron chi connectivity index (χ4n) is 2.37. The largest absolute Gasteiger partial charge is 0.497 e. The number of likely N-dealkylation sites (N-methyl/N-ethyl adjacent to an activating group) is 1. The summed E-state index contributed by atoms with van der Waals surface area (Å²) in [4.78, 5) is 26.1. The van der Waals surface area contributed by atoms with Gasteiger partial charge in [0.05, 0.1) is 19.7 Å². The summed E-state index contributed by atoms with van der Waals surface area (Å²) in [6.45, 7) is 2.36. The minimum atomic E-state index is -0.416. The van der Waals surface area contributed by atoms with Gasteiger partial charge in [-0.3, -0.25) is 14.5 Å². The van der Waals surface area contributed by atoms with Crippen LogP contribution < -0.4 is 15.4 Å². The van der Waals surface area contributed by atoms with E-state index in [9.17, 15) is 9.59 Å². The van der Waals surface area contributed by atoms with E-state index in [1.165, 1.54) is 0 Å². The Morgan fingerprint density at radius 1 is 1.08 bits per heavy atom. The van der Waals surface area contributed by atoms with Crippen LogP contribution in [-0.4, -0.2) is 43.5 Å². The average molecular weight is 355 g/mol. The normalized spacial score (nSPS) is 11.7. The first kappa shape index (κ1) is 19.5. The Hall–Kier alpha value is -2.86. The second-order valence-electron chi connectivity index (χ2n) is 6.07. The molecular formula is C20H25N3O3. The van der Waals surface area contributed by atoms with Gasteiger partial charge >= 0.3 is 0 Å². The lowest BCUT2D eigenvalue weighted by Crippen LogP contribution is -2.45. The van der Waals surface area contributed by atoms with Crippen LogP contribution >= 0.6 is 0 Å². The molecule has 2 aromatic carbocycles. The van der Waals surface area contributed by atoms with Crippen molar-refractivity contribution in [1.29, 1.82) is 0 Å². The summed E-state index contributed by atoms with van der Waals surface area (Å²) in [6, 6.07) is 16.4. The average Bonchev–Trinajstić information content (AvgIpc) is 2.66. The molecule has 0 aliphatic carbocycles. The van der Waals surface area contributed by atoms with Crippen LogP contribution in [-0.2, 0) is 16.1 Å². The molecule has 2 amide bonds. The smallest absolute Gasteiger partial charge is 0.238 e. The molecule has 2 rings (SSSR count). The quantitative estimate of drug-likeness (QED) is 0.762. The molecule has 0 spiro atoms. The van der Waals surface area contributed by atoms with Crippen LogP contribution in [0.15, 0.2) is 54.6 Å². The summed E-state index contributed by atoms with van der Waals surface area (Å²) < 4.78 is 5.09. The Bertz CT molecular complexity index is 717. The summed E-state index contributed by atoms with van der Waals surface area (Å²) in [6.07, 6.45) is 0. The fourth-order valence-corrected chi connectivity index (χ4v) is 2.37. The second kappa shape index (κ2) is 9.58. The molecule has 0 saturated heterocycles. The van der Waals surface area contributed by atoms with Crippen LogP contribution in [0.1, 0.15) is 12.5 Å². The summed E-state index contributed by atoms with van der Waals surface area (Å²) in [5, 5.41) is 5.70. The van der Waals surface area contributed by atoms with Crippen LogP contribution in [0.3, 0.4) is 0 Å². The number of nitrogens with zero attached hydrogens (tertiary/aromatic N) is 1. The van der Waals surface area contributed by atoms with Gasteiger partial charge < -0.3 is 15.4 Å². The standard InChI is InChI=1S/C20H25N3O3/c1-15(20(25)21-13-16-7-5-4-6-8-16)23(2)14-19(24)22-17-9-11-18(26-3)12-10-17/h4-12,15H,13-14H2,1-3H3,(H,21,25)(H,22,24)/t15-/m0/s1. The first-order valence-corrected chi connectivity index (χ1v) is 8.45. The lowest BCUT2D eigenvalue weighted by molar-refractivity contribution is -0.126. The molecule has 6 nitrogen and oxygen atoms in total. The highest BCUT2D eigenvalue weighted by atomic mass is 16.5.